The molecule has 7 heteroatoms. The van der Waals surface area contributed by atoms with Crippen LogP contribution in [0.15, 0.2) is 18.3 Å². The van der Waals surface area contributed by atoms with Gasteiger partial charge in [0.15, 0.2) is 0 Å². The second-order valence-corrected chi connectivity index (χ2v) is 4.75. The molecule has 0 aliphatic carbocycles. The number of esters is 1. The van der Waals surface area contributed by atoms with Crippen LogP contribution in [0.4, 0.5) is 5.82 Å². The Morgan fingerprint density at radius 2 is 2.27 bits per heavy atom. The van der Waals surface area contributed by atoms with Gasteiger partial charge in [-0.15, -0.1) is 0 Å². The summed E-state index contributed by atoms with van der Waals surface area (Å²) < 4.78 is 6.27. The molecule has 22 heavy (non-hydrogen) atoms. The minimum Gasteiger partial charge on any atom is -0.468 e. The lowest BCUT2D eigenvalue weighted by Gasteiger charge is -2.08. The van der Waals surface area contributed by atoms with Crippen LogP contribution in [0.5, 0.6) is 0 Å². The number of rotatable bonds is 5. The van der Waals surface area contributed by atoms with Gasteiger partial charge < -0.3 is 10.1 Å². The monoisotopic (exact) mass is 299 g/mol. The zero-order valence-electron chi connectivity index (χ0n) is 12.8. The Balaban J connectivity index is 2.17. The van der Waals surface area contributed by atoms with Crippen molar-refractivity contribution in [3.63, 3.8) is 0 Å². The van der Waals surface area contributed by atoms with Crippen molar-refractivity contribution in [2.24, 2.45) is 0 Å². The maximum Gasteiger partial charge on any atom is 0.327 e. The van der Waals surface area contributed by atoms with Crippen LogP contribution in [0.1, 0.15) is 22.5 Å². The molecule has 0 saturated heterocycles. The molecule has 0 aliphatic heterocycles. The molecule has 2 aromatic rings. The van der Waals surface area contributed by atoms with Crippen LogP contribution in [-0.2, 0) is 22.6 Å². The molecular weight excluding hydrogens is 282 g/mol. The van der Waals surface area contributed by atoms with Crippen LogP contribution in [0.25, 0.3) is 0 Å². The van der Waals surface area contributed by atoms with Gasteiger partial charge in [0.1, 0.15) is 18.4 Å². The highest BCUT2D eigenvalue weighted by Crippen LogP contribution is 2.16. The summed E-state index contributed by atoms with van der Waals surface area (Å²) in [5, 5.41) is 16.5. The number of ether oxygens (including phenoxy) is 1. The van der Waals surface area contributed by atoms with Crippen LogP contribution >= 0.6 is 0 Å². The predicted molar refractivity (Wildman–Crippen MR) is 80.0 cm³/mol. The Morgan fingerprint density at radius 1 is 1.50 bits per heavy atom. The molecule has 0 fully saturated rings. The third kappa shape index (κ3) is 3.23. The highest BCUT2D eigenvalue weighted by molar-refractivity contribution is 5.69. The number of nitriles is 1. The zero-order valence-corrected chi connectivity index (χ0v) is 12.8. The van der Waals surface area contributed by atoms with Crippen molar-refractivity contribution in [1.29, 1.82) is 5.26 Å². The van der Waals surface area contributed by atoms with E-state index in [9.17, 15) is 4.79 Å². The molecule has 7 nitrogen and oxygen atoms in total. The molecule has 2 rings (SSSR count). The second kappa shape index (κ2) is 6.72. The van der Waals surface area contributed by atoms with Gasteiger partial charge in [0, 0.05) is 24.0 Å². The Kier molecular flexibility index (Phi) is 4.73. The SMILES string of the molecule is COC(=O)Cn1nc(C)c(CNc2ncccc2C#N)c1C. The molecule has 0 amide bonds. The van der Waals surface area contributed by atoms with Gasteiger partial charge in [-0.2, -0.15) is 10.4 Å². The van der Waals surface area contributed by atoms with Crippen molar-refractivity contribution in [3.05, 3.63) is 40.8 Å². The van der Waals surface area contributed by atoms with Gasteiger partial charge in [0.25, 0.3) is 0 Å². The van der Waals surface area contributed by atoms with E-state index >= 15 is 0 Å². The molecule has 2 heterocycles. The number of nitrogens with zero attached hydrogens (tertiary/aromatic N) is 4. The van der Waals surface area contributed by atoms with Crippen LogP contribution in [0.3, 0.4) is 0 Å². The maximum atomic E-state index is 11.4. The smallest absolute Gasteiger partial charge is 0.327 e. The van der Waals surface area contributed by atoms with E-state index in [1.54, 1.807) is 23.0 Å². The fraction of sp³-hybridized carbons (Fsp3) is 0.333. The third-order valence-corrected chi connectivity index (χ3v) is 3.40. The van der Waals surface area contributed by atoms with Gasteiger partial charge in [-0.3, -0.25) is 9.48 Å². The number of aryl methyl sites for hydroxylation is 1. The standard InChI is InChI=1S/C15H17N5O2/c1-10-13(11(2)20(19-10)9-14(21)22-3)8-18-15-12(7-16)5-4-6-17-15/h4-6H,8-9H2,1-3H3,(H,17,18). The average molecular weight is 299 g/mol. The third-order valence-electron chi connectivity index (χ3n) is 3.40. The minimum absolute atomic E-state index is 0.0796. The highest BCUT2D eigenvalue weighted by atomic mass is 16.5. The largest absolute Gasteiger partial charge is 0.468 e. The normalized spacial score (nSPS) is 10.1. The maximum absolute atomic E-state index is 11.4. The van der Waals surface area contributed by atoms with Crippen LogP contribution in [0.2, 0.25) is 0 Å². The van der Waals surface area contributed by atoms with E-state index in [4.69, 9.17) is 5.26 Å². The number of carbonyl (C=O) groups excluding carboxylic acids is 1. The van der Waals surface area contributed by atoms with Crippen molar-refractivity contribution < 1.29 is 9.53 Å². The van der Waals surface area contributed by atoms with Gasteiger partial charge >= 0.3 is 5.97 Å². The van der Waals surface area contributed by atoms with E-state index in [2.05, 4.69) is 26.2 Å². The number of hydrogen-bond donors (Lipinski definition) is 1. The van der Waals surface area contributed by atoms with Crippen molar-refractivity contribution in [2.75, 3.05) is 12.4 Å². The summed E-state index contributed by atoms with van der Waals surface area (Å²) in [6, 6.07) is 5.51. The van der Waals surface area contributed by atoms with Gasteiger partial charge in [-0.1, -0.05) is 0 Å². The first-order valence-corrected chi connectivity index (χ1v) is 6.75. The average Bonchev–Trinajstić information content (AvgIpc) is 2.79. The number of pyridine rings is 1. The molecule has 0 spiro atoms. The molecular formula is C15H17N5O2. The molecule has 0 saturated carbocycles. The number of nitrogens with one attached hydrogen (secondary N) is 1. The molecule has 0 aromatic carbocycles. The summed E-state index contributed by atoms with van der Waals surface area (Å²) in [5.41, 5.74) is 3.16. The van der Waals surface area contributed by atoms with E-state index in [0.717, 1.165) is 17.0 Å². The molecule has 0 atom stereocenters. The predicted octanol–water partition coefficient (Wildman–Crippen LogP) is 1.55. The Bertz CT molecular complexity index is 730. The van der Waals surface area contributed by atoms with E-state index in [-0.39, 0.29) is 12.5 Å². The van der Waals surface area contributed by atoms with Crippen molar-refractivity contribution in [2.45, 2.75) is 26.9 Å². The molecule has 114 valence electrons. The van der Waals surface area contributed by atoms with Crippen LogP contribution in [-0.4, -0.2) is 27.8 Å². The lowest BCUT2D eigenvalue weighted by atomic mass is 10.2. The van der Waals surface area contributed by atoms with Gasteiger partial charge in [-0.05, 0) is 26.0 Å². The lowest BCUT2D eigenvalue weighted by molar-refractivity contribution is -0.141. The first-order chi connectivity index (χ1) is 10.6. The summed E-state index contributed by atoms with van der Waals surface area (Å²) in [5.74, 6) is 0.186. The summed E-state index contributed by atoms with van der Waals surface area (Å²) in [4.78, 5) is 15.5. The van der Waals surface area contributed by atoms with E-state index in [1.165, 1.54) is 7.11 Å². The lowest BCUT2D eigenvalue weighted by Crippen LogP contribution is -2.14. The van der Waals surface area contributed by atoms with Crippen LogP contribution < -0.4 is 5.32 Å². The quantitative estimate of drug-likeness (QED) is 0.842. The molecule has 0 unspecified atom stereocenters. The Labute approximate surface area is 128 Å². The number of anilines is 1. The van der Waals surface area contributed by atoms with E-state index in [1.807, 2.05) is 13.8 Å². The zero-order chi connectivity index (χ0) is 16.1. The number of aromatic nitrogens is 3. The van der Waals surface area contributed by atoms with Crippen molar-refractivity contribution in [3.8, 4) is 6.07 Å². The van der Waals surface area contributed by atoms with Crippen molar-refractivity contribution in [1.82, 2.24) is 14.8 Å². The summed E-state index contributed by atoms with van der Waals surface area (Å²) >= 11 is 0. The number of methoxy groups -OCH3 is 1. The summed E-state index contributed by atoms with van der Waals surface area (Å²) in [6.45, 7) is 4.33. The molecule has 0 bridgehead atoms. The molecule has 1 N–H and O–H groups in total. The first kappa shape index (κ1) is 15.5. The summed E-state index contributed by atoms with van der Waals surface area (Å²) in [7, 11) is 1.35. The fourth-order valence-electron chi connectivity index (χ4n) is 2.14. The Hall–Kier alpha value is -2.88. The summed E-state index contributed by atoms with van der Waals surface area (Å²) in [6.07, 6.45) is 1.63. The van der Waals surface area contributed by atoms with Gasteiger partial charge in [-0.25, -0.2) is 4.98 Å². The van der Waals surface area contributed by atoms with Gasteiger partial charge in [0.05, 0.1) is 18.4 Å². The topological polar surface area (TPSA) is 92.8 Å². The number of carbonyl (C=O) groups is 1. The fourth-order valence-corrected chi connectivity index (χ4v) is 2.14. The molecule has 0 aliphatic rings. The number of hydrogen-bond acceptors (Lipinski definition) is 6. The Morgan fingerprint density at radius 3 is 2.95 bits per heavy atom. The second-order valence-electron chi connectivity index (χ2n) is 4.75. The first-order valence-electron chi connectivity index (χ1n) is 6.75. The van der Waals surface area contributed by atoms with E-state index < -0.39 is 0 Å². The minimum atomic E-state index is -0.346. The van der Waals surface area contributed by atoms with Crippen LogP contribution in [0, 0.1) is 25.2 Å². The molecule has 2 aromatic heterocycles. The van der Waals surface area contributed by atoms with Crippen molar-refractivity contribution >= 4 is 11.8 Å². The van der Waals surface area contributed by atoms with Gasteiger partial charge in [0.2, 0.25) is 0 Å². The highest BCUT2D eigenvalue weighted by Gasteiger charge is 2.14. The van der Waals surface area contributed by atoms with E-state index in [0.29, 0.717) is 17.9 Å². The molecule has 0 radical (unpaired) electrons.